The van der Waals surface area contributed by atoms with Crippen molar-refractivity contribution in [2.24, 2.45) is 5.73 Å². The van der Waals surface area contributed by atoms with Gasteiger partial charge < -0.3 is 5.73 Å². The van der Waals surface area contributed by atoms with Gasteiger partial charge in [-0.3, -0.25) is 0 Å². The second-order valence-electron chi connectivity index (χ2n) is 3.30. The molecule has 0 radical (unpaired) electrons. The molecule has 0 aliphatic heterocycles. The van der Waals surface area contributed by atoms with Crippen molar-refractivity contribution >= 4 is 53.0 Å². The molecule has 86 valence electrons. The lowest BCUT2D eigenvalue weighted by Crippen LogP contribution is -2.14. The van der Waals surface area contributed by atoms with Crippen molar-refractivity contribution < 1.29 is 8.42 Å². The number of rotatable bonds is 4. The number of nitrogens with two attached hydrogens (primary N) is 1. The van der Waals surface area contributed by atoms with E-state index in [4.69, 9.17) is 5.73 Å². The molecular formula is C8H11Br2NO2S2. The molecule has 0 saturated carbocycles. The van der Waals surface area contributed by atoms with Crippen LogP contribution in [-0.2, 0) is 9.84 Å². The first-order valence-corrected chi connectivity index (χ1v) is 8.64. The van der Waals surface area contributed by atoms with Gasteiger partial charge in [-0.15, -0.1) is 11.3 Å². The van der Waals surface area contributed by atoms with Crippen LogP contribution in [0.15, 0.2) is 14.3 Å². The summed E-state index contributed by atoms with van der Waals surface area (Å²) in [5, 5.41) is 0. The lowest BCUT2D eigenvalue weighted by Gasteiger charge is -2.07. The Labute approximate surface area is 110 Å². The molecule has 1 aromatic rings. The minimum atomic E-state index is -2.93. The molecule has 0 fully saturated rings. The third-order valence-corrected chi connectivity index (χ3v) is 6.19. The summed E-state index contributed by atoms with van der Waals surface area (Å²) in [5.74, 6) is 0.126. The quantitative estimate of drug-likeness (QED) is 0.878. The third kappa shape index (κ3) is 4.52. The van der Waals surface area contributed by atoms with E-state index in [1.165, 1.54) is 17.6 Å². The predicted octanol–water partition coefficient (Wildman–Crippen LogP) is 2.71. The second-order valence-corrected chi connectivity index (χ2v) is 8.81. The molecule has 1 aromatic heterocycles. The van der Waals surface area contributed by atoms with Gasteiger partial charge in [0.15, 0.2) is 0 Å². The molecule has 1 heterocycles. The van der Waals surface area contributed by atoms with E-state index in [9.17, 15) is 8.42 Å². The van der Waals surface area contributed by atoms with Crippen molar-refractivity contribution in [2.75, 3.05) is 12.0 Å². The molecule has 0 amide bonds. The molecule has 1 atom stereocenters. The highest BCUT2D eigenvalue weighted by atomic mass is 79.9. The minimum absolute atomic E-state index is 0.126. The molecule has 3 nitrogen and oxygen atoms in total. The molecule has 0 aliphatic carbocycles. The standard InChI is InChI=1S/C8H11Br2NO2S2/c1-15(12,13)3-2-6(11)7-4-5(9)8(10)14-7/h4,6H,2-3,11H2,1H3. The predicted molar refractivity (Wildman–Crippen MR) is 71.0 cm³/mol. The SMILES string of the molecule is CS(=O)(=O)CCC(N)c1cc(Br)c(Br)s1. The van der Waals surface area contributed by atoms with Gasteiger partial charge in [0, 0.05) is 21.6 Å². The van der Waals surface area contributed by atoms with Gasteiger partial charge in [-0.05, 0) is 44.3 Å². The highest BCUT2D eigenvalue weighted by Gasteiger charge is 2.14. The third-order valence-electron chi connectivity index (χ3n) is 1.83. The maximum absolute atomic E-state index is 11.0. The lowest BCUT2D eigenvalue weighted by atomic mass is 10.2. The first-order chi connectivity index (χ1) is 6.79. The number of hydrogen-bond donors (Lipinski definition) is 1. The summed E-state index contributed by atoms with van der Waals surface area (Å²) in [4.78, 5) is 0.984. The van der Waals surface area contributed by atoms with E-state index in [-0.39, 0.29) is 11.8 Å². The van der Waals surface area contributed by atoms with E-state index in [1.807, 2.05) is 6.07 Å². The van der Waals surface area contributed by atoms with Crippen LogP contribution in [0.4, 0.5) is 0 Å². The van der Waals surface area contributed by atoms with Crippen molar-refractivity contribution in [1.29, 1.82) is 0 Å². The van der Waals surface area contributed by atoms with E-state index >= 15 is 0 Å². The lowest BCUT2D eigenvalue weighted by molar-refractivity contribution is 0.592. The Kier molecular flexibility index (Phi) is 4.79. The maximum atomic E-state index is 11.0. The van der Waals surface area contributed by atoms with Crippen molar-refractivity contribution in [3.8, 4) is 0 Å². The molecule has 15 heavy (non-hydrogen) atoms. The molecule has 7 heteroatoms. The van der Waals surface area contributed by atoms with Gasteiger partial charge in [-0.25, -0.2) is 8.42 Å². The summed E-state index contributed by atoms with van der Waals surface area (Å²) in [7, 11) is -2.93. The first kappa shape index (κ1) is 13.6. The van der Waals surface area contributed by atoms with Crippen molar-refractivity contribution in [1.82, 2.24) is 0 Å². The number of sulfone groups is 1. The first-order valence-electron chi connectivity index (χ1n) is 4.17. The smallest absolute Gasteiger partial charge is 0.147 e. The molecule has 1 unspecified atom stereocenters. The van der Waals surface area contributed by atoms with E-state index in [2.05, 4.69) is 31.9 Å². The van der Waals surface area contributed by atoms with Crippen LogP contribution < -0.4 is 5.73 Å². The molecule has 0 aromatic carbocycles. The average molecular weight is 377 g/mol. The molecule has 0 aliphatic rings. The topological polar surface area (TPSA) is 60.2 Å². The van der Waals surface area contributed by atoms with Crippen LogP contribution in [-0.4, -0.2) is 20.4 Å². The maximum Gasteiger partial charge on any atom is 0.147 e. The Bertz CT molecular complexity index is 422. The van der Waals surface area contributed by atoms with E-state index in [1.54, 1.807) is 0 Å². The summed E-state index contributed by atoms with van der Waals surface area (Å²) >= 11 is 8.26. The molecular weight excluding hydrogens is 366 g/mol. The van der Waals surface area contributed by atoms with Crippen LogP contribution in [0.3, 0.4) is 0 Å². The zero-order valence-corrected chi connectivity index (χ0v) is 12.8. The average Bonchev–Trinajstić information content (AvgIpc) is 2.42. The van der Waals surface area contributed by atoms with Crippen LogP contribution in [0.2, 0.25) is 0 Å². The molecule has 0 saturated heterocycles. The van der Waals surface area contributed by atoms with Crippen LogP contribution >= 0.6 is 43.2 Å². The van der Waals surface area contributed by atoms with Gasteiger partial charge in [0.05, 0.1) is 9.54 Å². The Balaban J connectivity index is 2.65. The highest BCUT2D eigenvalue weighted by molar-refractivity contribution is 9.13. The Morgan fingerprint density at radius 3 is 2.53 bits per heavy atom. The van der Waals surface area contributed by atoms with Crippen LogP contribution in [0, 0.1) is 0 Å². The van der Waals surface area contributed by atoms with Gasteiger partial charge >= 0.3 is 0 Å². The Hall–Kier alpha value is 0.570. The molecule has 2 N–H and O–H groups in total. The molecule has 0 bridgehead atoms. The largest absolute Gasteiger partial charge is 0.323 e. The van der Waals surface area contributed by atoms with Crippen molar-refractivity contribution in [3.63, 3.8) is 0 Å². The normalized spacial score (nSPS) is 14.1. The van der Waals surface area contributed by atoms with Crippen LogP contribution in [0.25, 0.3) is 0 Å². The van der Waals surface area contributed by atoms with Gasteiger partial charge in [-0.1, -0.05) is 0 Å². The summed E-state index contributed by atoms with van der Waals surface area (Å²) < 4.78 is 23.9. The summed E-state index contributed by atoms with van der Waals surface area (Å²) in [5.41, 5.74) is 5.89. The van der Waals surface area contributed by atoms with Crippen molar-refractivity contribution in [3.05, 3.63) is 19.2 Å². The highest BCUT2D eigenvalue weighted by Crippen LogP contribution is 2.35. The van der Waals surface area contributed by atoms with E-state index in [0.717, 1.165) is 13.1 Å². The summed E-state index contributed by atoms with van der Waals surface area (Å²) in [6.45, 7) is 0. The van der Waals surface area contributed by atoms with E-state index < -0.39 is 9.84 Å². The Morgan fingerprint density at radius 2 is 2.13 bits per heavy atom. The van der Waals surface area contributed by atoms with Gasteiger partial charge in [0.25, 0.3) is 0 Å². The van der Waals surface area contributed by atoms with Crippen LogP contribution in [0.1, 0.15) is 17.3 Å². The van der Waals surface area contributed by atoms with Gasteiger partial charge in [0.2, 0.25) is 0 Å². The summed E-state index contributed by atoms with van der Waals surface area (Å²) in [6.07, 6.45) is 1.68. The zero-order chi connectivity index (χ0) is 11.6. The Morgan fingerprint density at radius 1 is 1.53 bits per heavy atom. The van der Waals surface area contributed by atoms with Gasteiger partial charge in [0.1, 0.15) is 9.84 Å². The fourth-order valence-corrected chi connectivity index (χ4v) is 3.84. The minimum Gasteiger partial charge on any atom is -0.323 e. The number of thiophene rings is 1. The monoisotopic (exact) mass is 375 g/mol. The molecule has 1 rings (SSSR count). The van der Waals surface area contributed by atoms with Gasteiger partial charge in [-0.2, -0.15) is 0 Å². The number of hydrogen-bond acceptors (Lipinski definition) is 4. The van der Waals surface area contributed by atoms with E-state index in [0.29, 0.717) is 6.42 Å². The fraction of sp³-hybridized carbons (Fsp3) is 0.500. The number of halogens is 2. The van der Waals surface area contributed by atoms with Crippen LogP contribution in [0.5, 0.6) is 0 Å². The summed E-state index contributed by atoms with van der Waals surface area (Å²) in [6, 6.07) is 1.70. The second kappa shape index (κ2) is 5.27. The zero-order valence-electron chi connectivity index (χ0n) is 8.04. The van der Waals surface area contributed by atoms with Crippen molar-refractivity contribution in [2.45, 2.75) is 12.5 Å². The molecule has 0 spiro atoms. The fourth-order valence-electron chi connectivity index (χ4n) is 1.03.